The lowest BCUT2D eigenvalue weighted by molar-refractivity contribution is 0.283. The van der Waals surface area contributed by atoms with Crippen molar-refractivity contribution in [2.75, 3.05) is 0 Å². The number of hydrogen-bond donors (Lipinski definition) is 0. The third kappa shape index (κ3) is 6.75. The molecule has 2 aromatic carbocycles. The van der Waals surface area contributed by atoms with Crippen LogP contribution in [0.25, 0.3) is 6.08 Å². The third-order valence-electron chi connectivity index (χ3n) is 5.83. The lowest BCUT2D eigenvalue weighted by Gasteiger charge is -2.23. The van der Waals surface area contributed by atoms with Crippen LogP contribution in [0.5, 0.6) is 5.75 Å². The lowest BCUT2D eigenvalue weighted by Crippen LogP contribution is -2.09. The monoisotopic (exact) mass is 428 g/mol. The fraction of sp³-hybridized carbons (Fsp3) is 0.407. The zero-order valence-corrected chi connectivity index (χ0v) is 18.3. The Hall–Kier alpha value is -2.49. The fourth-order valence-corrected chi connectivity index (χ4v) is 4.15. The summed E-state index contributed by atoms with van der Waals surface area (Å²) >= 11 is 0. The van der Waals surface area contributed by atoms with E-state index in [2.05, 4.69) is 0 Å². The van der Waals surface area contributed by atoms with E-state index < -0.39 is 11.6 Å². The number of benzene rings is 2. The first-order valence-corrected chi connectivity index (χ1v) is 11.1. The molecule has 0 N–H and O–H groups in total. The second-order valence-electron chi connectivity index (χ2n) is 8.51. The maximum atomic E-state index is 14.6. The van der Waals surface area contributed by atoms with Gasteiger partial charge in [0.15, 0.2) is 11.6 Å². The molecule has 1 saturated carbocycles. The van der Waals surface area contributed by atoms with Crippen molar-refractivity contribution < 1.29 is 17.9 Å². The summed E-state index contributed by atoms with van der Waals surface area (Å²) < 4.78 is 47.5. The molecule has 2 aromatic rings. The predicted octanol–water partition coefficient (Wildman–Crippen LogP) is 8.50. The second kappa shape index (κ2) is 11.2. The van der Waals surface area contributed by atoms with E-state index in [1.165, 1.54) is 13.3 Å². The summed E-state index contributed by atoms with van der Waals surface area (Å²) in [7, 11) is 0. The van der Waals surface area contributed by atoms with Crippen molar-refractivity contribution in [3.05, 3.63) is 82.7 Å². The molecule has 0 bridgehead atoms. The smallest absolute Gasteiger partial charge is 0.200 e. The van der Waals surface area contributed by atoms with E-state index in [0.29, 0.717) is 5.56 Å². The molecule has 0 spiro atoms. The molecule has 1 aliphatic carbocycles. The van der Waals surface area contributed by atoms with Crippen LogP contribution in [0.2, 0.25) is 0 Å². The Morgan fingerprint density at radius 2 is 1.74 bits per heavy atom. The molecule has 1 fully saturated rings. The molecule has 3 rings (SSSR count). The molecule has 31 heavy (non-hydrogen) atoms. The quantitative estimate of drug-likeness (QED) is 0.409. The average molecular weight is 429 g/mol. The largest absolute Gasteiger partial charge is 0.486 e. The number of halogens is 3. The fourth-order valence-electron chi connectivity index (χ4n) is 4.15. The van der Waals surface area contributed by atoms with Gasteiger partial charge in [-0.05, 0) is 60.8 Å². The van der Waals surface area contributed by atoms with Crippen LogP contribution in [0, 0.1) is 17.6 Å². The molecule has 1 atom stereocenters. The van der Waals surface area contributed by atoms with E-state index in [9.17, 15) is 13.2 Å². The molecular weight excluding hydrogens is 397 g/mol. The summed E-state index contributed by atoms with van der Waals surface area (Å²) in [5.41, 5.74) is 2.37. The van der Waals surface area contributed by atoms with Crippen molar-refractivity contribution in [2.45, 2.75) is 64.9 Å². The first kappa shape index (κ1) is 23.2. The molecule has 1 unspecified atom stereocenters. The zero-order valence-electron chi connectivity index (χ0n) is 18.3. The Morgan fingerprint density at radius 3 is 2.42 bits per heavy atom. The predicted molar refractivity (Wildman–Crippen MR) is 121 cm³/mol. The van der Waals surface area contributed by atoms with Crippen molar-refractivity contribution in [1.29, 1.82) is 0 Å². The second-order valence-corrected chi connectivity index (χ2v) is 8.51. The van der Waals surface area contributed by atoms with Gasteiger partial charge in [0.2, 0.25) is 5.82 Å². The van der Waals surface area contributed by atoms with Crippen molar-refractivity contribution >= 4 is 6.08 Å². The summed E-state index contributed by atoms with van der Waals surface area (Å²) in [5.74, 6) is -1.62. The van der Waals surface area contributed by atoms with Crippen LogP contribution in [-0.2, 0) is 6.61 Å². The Labute approximate surface area is 183 Å². The average Bonchev–Trinajstić information content (AvgIpc) is 2.76. The van der Waals surface area contributed by atoms with Crippen molar-refractivity contribution in [3.8, 4) is 5.75 Å². The minimum Gasteiger partial charge on any atom is -0.486 e. The van der Waals surface area contributed by atoms with Crippen LogP contribution in [0.3, 0.4) is 0 Å². The minimum atomic E-state index is -0.894. The number of ether oxygens (including phenoxy) is 1. The van der Waals surface area contributed by atoms with Crippen LogP contribution < -0.4 is 4.74 Å². The van der Waals surface area contributed by atoms with E-state index >= 15 is 0 Å². The van der Waals surface area contributed by atoms with Crippen LogP contribution >= 0.6 is 0 Å². The van der Waals surface area contributed by atoms with Gasteiger partial charge in [0, 0.05) is 0 Å². The highest BCUT2D eigenvalue weighted by Crippen LogP contribution is 2.36. The number of allylic oxidation sites excluding steroid dienone is 3. The summed E-state index contributed by atoms with van der Waals surface area (Å²) in [6.07, 6.45) is 11.5. The van der Waals surface area contributed by atoms with Gasteiger partial charge in [-0.15, -0.1) is 0 Å². The SMILES string of the molecule is C/C(F)=C\C(C)C/C=C/c1ccc(COc2ccc(C3CCCCC3)c(F)c2F)cc1. The van der Waals surface area contributed by atoms with Crippen molar-refractivity contribution in [2.24, 2.45) is 5.92 Å². The summed E-state index contributed by atoms with van der Waals surface area (Å²) in [6.45, 7) is 3.59. The van der Waals surface area contributed by atoms with Crippen LogP contribution in [0.1, 0.15) is 75.0 Å². The highest BCUT2D eigenvalue weighted by Gasteiger charge is 2.23. The van der Waals surface area contributed by atoms with E-state index in [-0.39, 0.29) is 30.0 Å². The molecule has 0 saturated heterocycles. The number of rotatable bonds is 8. The van der Waals surface area contributed by atoms with E-state index in [1.807, 2.05) is 43.3 Å². The maximum Gasteiger partial charge on any atom is 0.200 e. The highest BCUT2D eigenvalue weighted by atomic mass is 19.2. The zero-order chi connectivity index (χ0) is 22.2. The van der Waals surface area contributed by atoms with Gasteiger partial charge in [0.05, 0.1) is 5.83 Å². The van der Waals surface area contributed by atoms with Gasteiger partial charge in [0.25, 0.3) is 0 Å². The number of hydrogen-bond acceptors (Lipinski definition) is 1. The van der Waals surface area contributed by atoms with E-state index in [0.717, 1.165) is 43.2 Å². The lowest BCUT2D eigenvalue weighted by atomic mass is 9.84. The first-order chi connectivity index (χ1) is 14.9. The first-order valence-electron chi connectivity index (χ1n) is 11.1. The third-order valence-corrected chi connectivity index (χ3v) is 5.83. The van der Waals surface area contributed by atoms with Crippen molar-refractivity contribution in [1.82, 2.24) is 0 Å². The van der Waals surface area contributed by atoms with Crippen molar-refractivity contribution in [3.63, 3.8) is 0 Å². The maximum absolute atomic E-state index is 14.6. The molecule has 1 nitrogen and oxygen atoms in total. The normalized spacial score (nSPS) is 16.6. The Bertz CT molecular complexity index is 905. The Morgan fingerprint density at radius 1 is 1.03 bits per heavy atom. The van der Waals surface area contributed by atoms with Gasteiger partial charge < -0.3 is 4.74 Å². The standard InChI is InChI=1S/C27H31F3O/c1-19(17-20(2)28)7-6-8-21-11-13-22(14-12-21)18-31-25-16-15-24(26(29)27(25)30)23-9-4-3-5-10-23/h6,8,11-17,19,23H,3-5,7,9-10,18H2,1-2H3/b8-6+,20-17+. The van der Waals surface area contributed by atoms with Gasteiger partial charge in [-0.3, -0.25) is 0 Å². The Balaban J connectivity index is 1.56. The summed E-state index contributed by atoms with van der Waals surface area (Å²) in [4.78, 5) is 0. The van der Waals surface area contributed by atoms with Gasteiger partial charge in [-0.25, -0.2) is 8.78 Å². The Kier molecular flexibility index (Phi) is 8.39. The molecule has 0 heterocycles. The van der Waals surface area contributed by atoms with Crippen LogP contribution in [-0.4, -0.2) is 0 Å². The van der Waals surface area contributed by atoms with Gasteiger partial charge in [0.1, 0.15) is 6.61 Å². The summed E-state index contributed by atoms with van der Waals surface area (Å²) in [6, 6.07) is 10.9. The molecule has 0 aromatic heterocycles. The van der Waals surface area contributed by atoms with Gasteiger partial charge in [-0.1, -0.05) is 74.7 Å². The minimum absolute atomic E-state index is 0.0498. The molecule has 166 valence electrons. The molecule has 1 aliphatic rings. The molecule has 0 aliphatic heterocycles. The van der Waals surface area contributed by atoms with Gasteiger partial charge in [-0.2, -0.15) is 4.39 Å². The van der Waals surface area contributed by atoms with Crippen LogP contribution in [0.4, 0.5) is 13.2 Å². The highest BCUT2D eigenvalue weighted by molar-refractivity contribution is 5.49. The molecular formula is C27H31F3O. The molecule has 4 heteroatoms. The van der Waals surface area contributed by atoms with Crippen LogP contribution in [0.15, 0.2) is 54.4 Å². The molecule has 0 amide bonds. The topological polar surface area (TPSA) is 9.23 Å². The van der Waals surface area contributed by atoms with E-state index in [1.54, 1.807) is 18.2 Å². The summed E-state index contributed by atoms with van der Waals surface area (Å²) in [5, 5.41) is 0. The van der Waals surface area contributed by atoms with E-state index in [4.69, 9.17) is 4.74 Å². The molecule has 0 radical (unpaired) electrons. The van der Waals surface area contributed by atoms with Gasteiger partial charge >= 0.3 is 0 Å².